The van der Waals surface area contributed by atoms with Gasteiger partial charge in [0.2, 0.25) is 0 Å². The minimum Gasteiger partial charge on any atom is -0.294 e. The zero-order valence-electron chi connectivity index (χ0n) is 10.4. The van der Waals surface area contributed by atoms with Crippen molar-refractivity contribution < 1.29 is 18.0 Å². The Morgan fingerprint density at radius 1 is 1.22 bits per heavy atom. The second-order valence-corrected chi connectivity index (χ2v) is 5.52. The van der Waals surface area contributed by atoms with E-state index in [0.29, 0.717) is 6.42 Å². The Balaban J connectivity index is 2.38. The van der Waals surface area contributed by atoms with E-state index >= 15 is 0 Å². The van der Waals surface area contributed by atoms with Crippen LogP contribution in [0, 0.1) is 28.8 Å². The highest BCUT2D eigenvalue weighted by Crippen LogP contribution is 2.44. The Labute approximate surface area is 104 Å². The average molecular weight is 256 g/mol. The van der Waals surface area contributed by atoms with E-state index in [1.807, 2.05) is 13.8 Å². The first-order chi connectivity index (χ1) is 8.34. The van der Waals surface area contributed by atoms with Gasteiger partial charge in [0, 0.05) is 5.92 Å². The van der Waals surface area contributed by atoms with Crippen LogP contribution in [0.15, 0.2) is 12.1 Å². The van der Waals surface area contributed by atoms with Gasteiger partial charge in [-0.05, 0) is 30.4 Å². The van der Waals surface area contributed by atoms with Crippen molar-refractivity contribution in [1.82, 2.24) is 0 Å². The third-order valence-electron chi connectivity index (χ3n) is 3.87. The van der Waals surface area contributed by atoms with Crippen molar-refractivity contribution in [3.8, 4) is 0 Å². The lowest BCUT2D eigenvalue weighted by molar-refractivity contribution is 0.0833. The molecule has 1 aliphatic rings. The van der Waals surface area contributed by atoms with Crippen LogP contribution in [0.4, 0.5) is 13.2 Å². The van der Waals surface area contributed by atoms with E-state index in [0.717, 1.165) is 25.0 Å². The molecule has 2 rings (SSSR count). The molecular weight excluding hydrogens is 241 g/mol. The molecule has 0 radical (unpaired) electrons. The highest BCUT2D eigenvalue weighted by atomic mass is 19.2. The summed E-state index contributed by atoms with van der Waals surface area (Å²) in [6.45, 7) is 3.89. The Bertz CT molecular complexity index is 494. The zero-order valence-corrected chi connectivity index (χ0v) is 10.4. The number of carbonyl (C=O) groups excluding carboxylic acids is 1. The fraction of sp³-hybridized carbons (Fsp3) is 0.500. The average Bonchev–Trinajstić information content (AvgIpc) is 2.65. The van der Waals surface area contributed by atoms with E-state index in [9.17, 15) is 18.0 Å². The molecule has 0 N–H and O–H groups in total. The molecule has 1 saturated carbocycles. The molecule has 0 bridgehead atoms. The fourth-order valence-electron chi connectivity index (χ4n) is 2.72. The van der Waals surface area contributed by atoms with E-state index < -0.39 is 23.2 Å². The van der Waals surface area contributed by atoms with Crippen LogP contribution >= 0.6 is 0 Å². The number of ketones is 1. The summed E-state index contributed by atoms with van der Waals surface area (Å²) in [5, 5.41) is 0. The van der Waals surface area contributed by atoms with Crippen molar-refractivity contribution in [3.63, 3.8) is 0 Å². The van der Waals surface area contributed by atoms with Gasteiger partial charge in [-0.2, -0.15) is 0 Å². The summed E-state index contributed by atoms with van der Waals surface area (Å²) >= 11 is 0. The smallest absolute Gasteiger partial charge is 0.195 e. The van der Waals surface area contributed by atoms with E-state index in [1.54, 1.807) is 0 Å². The molecule has 1 atom stereocenters. The van der Waals surface area contributed by atoms with Gasteiger partial charge in [0.1, 0.15) is 0 Å². The van der Waals surface area contributed by atoms with Crippen molar-refractivity contribution in [2.75, 3.05) is 0 Å². The predicted octanol–water partition coefficient (Wildman–Crippen LogP) is 4.11. The van der Waals surface area contributed by atoms with Crippen LogP contribution in [0.2, 0.25) is 0 Å². The van der Waals surface area contributed by atoms with Crippen LogP contribution in [0.5, 0.6) is 0 Å². The van der Waals surface area contributed by atoms with Gasteiger partial charge < -0.3 is 0 Å². The second kappa shape index (κ2) is 4.41. The molecule has 98 valence electrons. The lowest BCUT2D eigenvalue weighted by Crippen LogP contribution is -2.26. The van der Waals surface area contributed by atoms with Crippen LogP contribution in [0.25, 0.3) is 0 Å². The minimum atomic E-state index is -1.57. The maximum atomic E-state index is 13.6. The zero-order chi connectivity index (χ0) is 13.5. The summed E-state index contributed by atoms with van der Waals surface area (Å²) in [4.78, 5) is 12.2. The van der Waals surface area contributed by atoms with E-state index in [2.05, 4.69) is 0 Å². The highest BCUT2D eigenvalue weighted by molar-refractivity contribution is 5.98. The Morgan fingerprint density at radius 2 is 1.89 bits per heavy atom. The normalized spacial score (nSPS) is 22.2. The molecule has 1 aromatic carbocycles. The molecule has 1 fully saturated rings. The molecule has 0 amide bonds. The molecule has 0 spiro atoms. The van der Waals surface area contributed by atoms with E-state index in [1.165, 1.54) is 0 Å². The number of rotatable bonds is 2. The second-order valence-electron chi connectivity index (χ2n) is 5.52. The Kier molecular flexibility index (Phi) is 3.21. The van der Waals surface area contributed by atoms with Gasteiger partial charge in [0.25, 0.3) is 0 Å². The molecule has 1 unspecified atom stereocenters. The lowest BCUT2D eigenvalue weighted by atomic mass is 9.77. The first-order valence-electron chi connectivity index (χ1n) is 6.02. The number of hydrogen-bond donors (Lipinski definition) is 0. The van der Waals surface area contributed by atoms with E-state index in [-0.39, 0.29) is 16.9 Å². The van der Waals surface area contributed by atoms with Crippen LogP contribution < -0.4 is 0 Å². The summed E-state index contributed by atoms with van der Waals surface area (Å²) in [5.74, 6) is -4.96. The number of hydrogen-bond acceptors (Lipinski definition) is 1. The quantitative estimate of drug-likeness (QED) is 0.574. The SMILES string of the molecule is CC1(C)CCCC1C(=O)c1ccc(F)c(F)c1F. The van der Waals surface area contributed by atoms with Gasteiger partial charge in [0.05, 0.1) is 5.56 Å². The molecule has 1 aromatic rings. The summed E-state index contributed by atoms with van der Waals surface area (Å²) in [6, 6.07) is 1.83. The first kappa shape index (κ1) is 13.1. The van der Waals surface area contributed by atoms with Gasteiger partial charge >= 0.3 is 0 Å². The maximum absolute atomic E-state index is 13.6. The molecule has 0 aliphatic heterocycles. The number of benzene rings is 1. The van der Waals surface area contributed by atoms with Crippen molar-refractivity contribution in [1.29, 1.82) is 0 Å². The van der Waals surface area contributed by atoms with Crippen molar-refractivity contribution in [2.24, 2.45) is 11.3 Å². The fourth-order valence-corrected chi connectivity index (χ4v) is 2.72. The predicted molar refractivity (Wildman–Crippen MR) is 61.8 cm³/mol. The Morgan fingerprint density at radius 3 is 2.44 bits per heavy atom. The van der Waals surface area contributed by atoms with Crippen molar-refractivity contribution in [3.05, 3.63) is 35.1 Å². The topological polar surface area (TPSA) is 17.1 Å². The molecule has 4 heteroatoms. The summed E-state index contributed by atoms with van der Waals surface area (Å²) in [7, 11) is 0. The number of Topliss-reactive ketones (excluding diaryl/α,β-unsaturated/α-hetero) is 1. The molecule has 0 heterocycles. The standard InChI is InChI=1S/C14H15F3O/c1-14(2)7-3-4-9(14)13(18)8-5-6-10(15)12(17)11(8)16/h5-6,9H,3-4,7H2,1-2H3. The van der Waals surface area contributed by atoms with Gasteiger partial charge in [-0.15, -0.1) is 0 Å². The molecule has 0 saturated heterocycles. The van der Waals surface area contributed by atoms with Crippen LogP contribution in [-0.2, 0) is 0 Å². The van der Waals surface area contributed by atoms with Gasteiger partial charge in [-0.3, -0.25) is 4.79 Å². The van der Waals surface area contributed by atoms with Gasteiger partial charge in [0.15, 0.2) is 23.2 Å². The lowest BCUT2D eigenvalue weighted by Gasteiger charge is -2.25. The third-order valence-corrected chi connectivity index (χ3v) is 3.87. The minimum absolute atomic E-state index is 0.214. The van der Waals surface area contributed by atoms with Gasteiger partial charge in [-0.25, -0.2) is 13.2 Å². The number of carbonyl (C=O) groups is 1. The number of halogens is 3. The molecular formula is C14H15F3O. The summed E-state index contributed by atoms with van der Waals surface area (Å²) in [5.41, 5.74) is -0.553. The molecule has 18 heavy (non-hydrogen) atoms. The molecule has 1 aliphatic carbocycles. The van der Waals surface area contributed by atoms with Crippen LogP contribution in [0.3, 0.4) is 0 Å². The molecule has 0 aromatic heterocycles. The molecule has 1 nitrogen and oxygen atoms in total. The van der Waals surface area contributed by atoms with Gasteiger partial charge in [-0.1, -0.05) is 20.3 Å². The summed E-state index contributed by atoms with van der Waals surface area (Å²) in [6.07, 6.45) is 2.45. The van der Waals surface area contributed by atoms with Crippen molar-refractivity contribution in [2.45, 2.75) is 33.1 Å². The van der Waals surface area contributed by atoms with Crippen LogP contribution in [-0.4, -0.2) is 5.78 Å². The Hall–Kier alpha value is -1.32. The monoisotopic (exact) mass is 256 g/mol. The third kappa shape index (κ3) is 2.04. The maximum Gasteiger partial charge on any atom is 0.195 e. The van der Waals surface area contributed by atoms with Crippen LogP contribution in [0.1, 0.15) is 43.5 Å². The first-order valence-corrected chi connectivity index (χ1v) is 6.02. The van der Waals surface area contributed by atoms with E-state index in [4.69, 9.17) is 0 Å². The largest absolute Gasteiger partial charge is 0.294 e. The summed E-state index contributed by atoms with van der Waals surface area (Å²) < 4.78 is 39.5. The highest BCUT2D eigenvalue weighted by Gasteiger charge is 2.40. The van der Waals surface area contributed by atoms with Crippen molar-refractivity contribution >= 4 is 5.78 Å².